The van der Waals surface area contributed by atoms with E-state index in [9.17, 15) is 38.0 Å². The number of piperidine rings is 1. The fourth-order valence-corrected chi connectivity index (χ4v) is 14.6. The van der Waals surface area contributed by atoms with Gasteiger partial charge in [-0.05, 0) is 153 Å². The quantitative estimate of drug-likeness (QED) is 0.0202. The van der Waals surface area contributed by atoms with Crippen LogP contribution in [-0.2, 0) is 32.7 Å². The number of ether oxygens (including phenoxy) is 1. The van der Waals surface area contributed by atoms with Gasteiger partial charge in [0.25, 0.3) is 21.8 Å². The Balaban J connectivity index is 0.678. The summed E-state index contributed by atoms with van der Waals surface area (Å²) in [7, 11) is -4.59. The number of benzene rings is 4. The highest BCUT2D eigenvalue weighted by atomic mass is 79.9. The molecule has 2 aliphatic carbocycles. The number of aromatic nitrogens is 2. The molecule has 5 aliphatic rings. The van der Waals surface area contributed by atoms with Crippen molar-refractivity contribution < 1.29 is 42.8 Å². The number of nitrogens with one attached hydrogen (secondary N) is 7. The summed E-state index contributed by atoms with van der Waals surface area (Å²) in [6.45, 7) is 12.9. The van der Waals surface area contributed by atoms with Gasteiger partial charge in [0.15, 0.2) is 5.69 Å². The number of imide groups is 1. The Labute approximate surface area is 514 Å². The van der Waals surface area contributed by atoms with Crippen molar-refractivity contribution in [3.05, 3.63) is 145 Å². The standard InChI is InChI=1S/C63H73BrClN11O9S/c1-38-35-74(25-24-73(38)36-40-26-50-52(53(64)27-40)37-75(62(50)80)55-16-17-58(77)71-61(55)79)46-11-4-39(5-12-46)32-69-54-15-13-48(30-56(54)76(81)82)86(83,84)72-60(78)49-14-10-45(29-57(49)85-47-28-42-19-21-68-59(42)70-34-47)67-23-22-66-33-43-18-20-63(2,3)31-51(43)41-6-8-44(65)9-7-41/h6-10,13-15,19,21,26-30,34,38-39,46,55,66-67,69,76,81H,4-5,11-12,16-18,20,22-25,31-33,35-37H2,1-3H3,(H,68,70)(H,72,78)(H,71,77,79)/t38-,39-,46+,55?/m0/s1. The molecule has 4 aromatic carbocycles. The van der Waals surface area contributed by atoms with E-state index in [1.165, 1.54) is 41.1 Å². The summed E-state index contributed by atoms with van der Waals surface area (Å²) in [6, 6.07) is 24.2. The molecule has 3 fully saturated rings. The summed E-state index contributed by atoms with van der Waals surface area (Å²) in [4.78, 5) is 65.7. The van der Waals surface area contributed by atoms with E-state index in [-0.39, 0.29) is 63.2 Å². The minimum absolute atomic E-state index is 0.0700. The largest absolute Gasteiger partial charge is 0.595 e. The number of H-pyrrole nitrogens is 1. The van der Waals surface area contributed by atoms with Crippen LogP contribution in [0.3, 0.4) is 0 Å². The Kier molecular flexibility index (Phi) is 18.4. The van der Waals surface area contributed by atoms with Crippen LogP contribution >= 0.6 is 27.5 Å². The van der Waals surface area contributed by atoms with Gasteiger partial charge >= 0.3 is 0 Å². The molecule has 1 saturated carbocycles. The lowest BCUT2D eigenvalue weighted by atomic mass is 9.72. The molecule has 2 unspecified atom stereocenters. The molecule has 2 aromatic heterocycles. The van der Waals surface area contributed by atoms with Crippen molar-refractivity contribution in [3.63, 3.8) is 0 Å². The average molecular weight is 1280 g/mol. The minimum Gasteiger partial charge on any atom is -0.595 e. The molecule has 5 heterocycles. The van der Waals surface area contributed by atoms with E-state index in [4.69, 9.17) is 16.3 Å². The van der Waals surface area contributed by atoms with Gasteiger partial charge in [0.1, 0.15) is 23.2 Å². The van der Waals surface area contributed by atoms with Gasteiger partial charge in [-0.1, -0.05) is 59.1 Å². The van der Waals surface area contributed by atoms with E-state index in [2.05, 4.69) is 101 Å². The number of hydrogen-bond acceptors (Lipinski definition) is 15. The summed E-state index contributed by atoms with van der Waals surface area (Å²) in [6.07, 6.45) is 10.7. The maximum absolute atomic E-state index is 14.1. The van der Waals surface area contributed by atoms with E-state index in [0.29, 0.717) is 72.9 Å². The molecule has 3 atom stereocenters. The number of fused-ring (bicyclic) bond motifs is 2. The van der Waals surface area contributed by atoms with Crippen molar-refractivity contribution in [1.82, 2.24) is 40.0 Å². The van der Waals surface area contributed by atoms with Crippen LogP contribution in [0, 0.1) is 16.5 Å². The lowest BCUT2D eigenvalue weighted by Crippen LogP contribution is -2.99. The Morgan fingerprint density at radius 2 is 1.76 bits per heavy atom. The number of rotatable bonds is 20. The zero-order valence-corrected chi connectivity index (χ0v) is 51.6. The van der Waals surface area contributed by atoms with Gasteiger partial charge in [-0.15, -0.1) is 0 Å². The number of allylic oxidation sites excluding steroid dienone is 1. The third-order valence-electron chi connectivity index (χ3n) is 17.7. The molecule has 23 heteroatoms. The summed E-state index contributed by atoms with van der Waals surface area (Å²) in [5, 5.41) is 35.9. The van der Waals surface area contributed by atoms with E-state index in [0.717, 1.165) is 98.2 Å². The molecule has 0 bridgehead atoms. The first-order valence-corrected chi connectivity index (χ1v) is 32.2. The number of amides is 4. The highest BCUT2D eigenvalue weighted by Gasteiger charge is 2.41. The minimum atomic E-state index is -4.59. The molecule has 0 radical (unpaired) electrons. The van der Waals surface area contributed by atoms with Crippen LogP contribution in [-0.4, -0.2) is 126 Å². The van der Waals surface area contributed by atoms with Gasteiger partial charge < -0.3 is 35.8 Å². The third-order valence-corrected chi connectivity index (χ3v) is 20.0. The maximum atomic E-state index is 14.1. The molecule has 8 N–H and O–H groups in total. The van der Waals surface area contributed by atoms with Crippen LogP contribution in [0.5, 0.6) is 11.5 Å². The van der Waals surface area contributed by atoms with E-state index < -0.39 is 33.1 Å². The van der Waals surface area contributed by atoms with Gasteiger partial charge in [0.2, 0.25) is 11.8 Å². The smallest absolute Gasteiger partial charge is 0.268 e. The Morgan fingerprint density at radius 3 is 2.52 bits per heavy atom. The van der Waals surface area contributed by atoms with Crippen molar-refractivity contribution in [3.8, 4) is 11.5 Å². The average Bonchev–Trinajstić information content (AvgIpc) is 1.81. The maximum Gasteiger partial charge on any atom is 0.268 e. The highest BCUT2D eigenvalue weighted by Crippen LogP contribution is 2.43. The number of carbonyl (C=O) groups excluding carboxylic acids is 4. The molecule has 6 aromatic rings. The number of halogens is 2. The van der Waals surface area contributed by atoms with Crippen LogP contribution < -0.4 is 36.0 Å². The SMILES string of the molecule is C[C@H]1CN([C@H]2CC[C@@H](CNc3ccc(S(=O)(=O)NC(=O)c4ccc(NCCNCC5=C(c6ccc(Cl)cc6)CC(C)(C)CC5)cc4Oc4cnc5[nH]ccc5c4)cc3[NH+]([O-])O)CC2)CCN1Cc1cc(Br)c2c(c1)C(=O)N(C1CCC(=O)NC1=O)C2. The summed E-state index contributed by atoms with van der Waals surface area (Å²) >= 11 is 9.93. The van der Waals surface area contributed by atoms with Gasteiger partial charge in [0, 0.05) is 122 Å². The Hall–Kier alpha value is -6.73. The monoisotopic (exact) mass is 1270 g/mol. The van der Waals surface area contributed by atoms with E-state index in [1.807, 2.05) is 24.3 Å². The topological polar surface area (TPSA) is 258 Å². The molecular formula is C63H73BrClN11O9S. The highest BCUT2D eigenvalue weighted by molar-refractivity contribution is 9.10. The zero-order chi connectivity index (χ0) is 60.4. The first-order valence-electron chi connectivity index (χ1n) is 29.5. The Morgan fingerprint density at radius 1 is 0.953 bits per heavy atom. The number of nitrogens with zero attached hydrogens (tertiary/aromatic N) is 4. The number of quaternary nitrogens is 1. The Bertz CT molecular complexity index is 3700. The number of pyridine rings is 1. The number of sulfonamides is 1. The van der Waals surface area contributed by atoms with Crippen molar-refractivity contribution in [2.24, 2.45) is 11.3 Å². The summed E-state index contributed by atoms with van der Waals surface area (Å²) in [5.41, 5.74) is 7.82. The molecule has 86 heavy (non-hydrogen) atoms. The lowest BCUT2D eigenvalue weighted by molar-refractivity contribution is -0.990. The molecule has 2 saturated heterocycles. The predicted octanol–water partition coefficient (Wildman–Crippen LogP) is 8.90. The summed E-state index contributed by atoms with van der Waals surface area (Å²) < 4.78 is 37.2. The second-order valence-electron chi connectivity index (χ2n) is 24.3. The fourth-order valence-electron chi connectivity index (χ4n) is 12.8. The van der Waals surface area contributed by atoms with E-state index >= 15 is 0 Å². The molecule has 20 nitrogen and oxygen atoms in total. The van der Waals surface area contributed by atoms with Gasteiger partial charge in [0.05, 0.1) is 22.3 Å². The molecule has 4 amide bonds. The number of anilines is 2. The first-order chi connectivity index (χ1) is 41.2. The van der Waals surface area contributed by atoms with Crippen LogP contribution in [0.2, 0.25) is 5.02 Å². The van der Waals surface area contributed by atoms with Gasteiger partial charge in [-0.3, -0.25) is 34.3 Å². The lowest BCUT2D eigenvalue weighted by Gasteiger charge is -2.45. The zero-order valence-electron chi connectivity index (χ0n) is 48.4. The fraction of sp³-hybridized carbons (Fsp3) is 0.413. The van der Waals surface area contributed by atoms with Crippen molar-refractivity contribution in [2.45, 2.75) is 115 Å². The van der Waals surface area contributed by atoms with E-state index in [1.54, 1.807) is 29.3 Å². The first kappa shape index (κ1) is 60.9. The molecule has 11 rings (SSSR count). The second kappa shape index (κ2) is 25.9. The van der Waals surface area contributed by atoms with Gasteiger partial charge in [-0.2, -0.15) is 5.23 Å². The van der Waals surface area contributed by atoms with Crippen molar-refractivity contribution in [1.29, 1.82) is 0 Å². The summed E-state index contributed by atoms with van der Waals surface area (Å²) in [5.74, 6) is -1.24. The molecular weight excluding hydrogens is 1200 g/mol. The van der Waals surface area contributed by atoms with Gasteiger partial charge in [-0.25, -0.2) is 23.3 Å². The van der Waals surface area contributed by atoms with Crippen molar-refractivity contribution >= 4 is 94.9 Å². The second-order valence-corrected chi connectivity index (χ2v) is 27.2. The number of aromatic amines is 1. The number of carbonyl (C=O) groups is 4. The van der Waals surface area contributed by atoms with Crippen LogP contribution in [0.1, 0.15) is 116 Å². The third kappa shape index (κ3) is 14.0. The predicted molar refractivity (Wildman–Crippen MR) is 333 cm³/mol. The molecule has 3 aliphatic heterocycles. The van der Waals surface area contributed by atoms with Crippen molar-refractivity contribution in [2.75, 3.05) is 56.4 Å². The number of hydrogen-bond donors (Lipinski definition) is 8. The van der Waals surface area contributed by atoms with Crippen LogP contribution in [0.25, 0.3) is 16.6 Å². The normalized spacial score (nSPS) is 21.5. The molecule has 454 valence electrons. The van der Waals surface area contributed by atoms with Crippen LogP contribution in [0.15, 0.2) is 112 Å². The molecule has 0 spiro atoms. The van der Waals surface area contributed by atoms with Crippen LogP contribution in [0.4, 0.5) is 17.1 Å². The number of piperazine rings is 1.